The molecule has 1 aromatic carbocycles. The van der Waals surface area contributed by atoms with Crippen molar-refractivity contribution < 1.29 is 0 Å². The second kappa shape index (κ2) is 3.62. The van der Waals surface area contributed by atoms with Gasteiger partial charge in [-0.3, -0.25) is 0 Å². The van der Waals surface area contributed by atoms with Gasteiger partial charge < -0.3 is 11.1 Å². The van der Waals surface area contributed by atoms with E-state index in [-0.39, 0.29) is 0 Å². The molecule has 2 atom stereocenters. The molecule has 1 fully saturated rings. The van der Waals surface area contributed by atoms with Crippen LogP contribution >= 0.6 is 0 Å². The fourth-order valence-electron chi connectivity index (χ4n) is 1.74. The lowest BCUT2D eigenvalue weighted by Gasteiger charge is -2.07. The molecule has 1 saturated carbocycles. The van der Waals surface area contributed by atoms with Gasteiger partial charge in [0, 0.05) is 18.3 Å². The van der Waals surface area contributed by atoms with Crippen LogP contribution in [0.15, 0.2) is 18.2 Å². The maximum absolute atomic E-state index is 5.89. The highest BCUT2D eigenvalue weighted by atomic mass is 15.0. The summed E-state index contributed by atoms with van der Waals surface area (Å²) in [6.07, 6.45) is 1.31. The van der Waals surface area contributed by atoms with Crippen LogP contribution in [0.3, 0.4) is 0 Å². The van der Waals surface area contributed by atoms with E-state index in [0.717, 1.165) is 24.2 Å². The Hall–Kier alpha value is -1.02. The number of hydrogen-bond donors (Lipinski definition) is 2. The monoisotopic (exact) mass is 190 g/mol. The van der Waals surface area contributed by atoms with Crippen LogP contribution in [0.4, 0.5) is 5.69 Å². The Bertz CT molecular complexity index is 333. The molecule has 0 bridgehead atoms. The topological polar surface area (TPSA) is 38.0 Å². The number of nitrogens with one attached hydrogen (secondary N) is 1. The molecule has 1 aliphatic rings. The molecule has 76 valence electrons. The number of nitrogen functional groups attached to an aromatic ring is 1. The van der Waals surface area contributed by atoms with E-state index >= 15 is 0 Å². The summed E-state index contributed by atoms with van der Waals surface area (Å²) in [6, 6.07) is 6.92. The van der Waals surface area contributed by atoms with Gasteiger partial charge in [-0.25, -0.2) is 0 Å². The number of aryl methyl sites for hydroxylation is 1. The van der Waals surface area contributed by atoms with E-state index in [0.29, 0.717) is 0 Å². The predicted molar refractivity (Wildman–Crippen MR) is 60.0 cm³/mol. The minimum atomic E-state index is 0.718. The normalized spacial score (nSPS) is 25.0. The van der Waals surface area contributed by atoms with Gasteiger partial charge in [0.15, 0.2) is 0 Å². The molecular weight excluding hydrogens is 172 g/mol. The highest BCUT2D eigenvalue weighted by Crippen LogP contribution is 2.29. The molecule has 2 heteroatoms. The van der Waals surface area contributed by atoms with Gasteiger partial charge in [0.2, 0.25) is 0 Å². The zero-order chi connectivity index (χ0) is 10.1. The molecule has 1 aromatic rings. The number of nitrogens with two attached hydrogens (primary N) is 1. The lowest BCUT2D eigenvalue weighted by atomic mass is 10.1. The van der Waals surface area contributed by atoms with E-state index in [1.54, 1.807) is 0 Å². The maximum atomic E-state index is 5.89. The van der Waals surface area contributed by atoms with Crippen LogP contribution in [0.1, 0.15) is 24.5 Å². The molecule has 0 radical (unpaired) electrons. The van der Waals surface area contributed by atoms with Crippen LogP contribution in [-0.4, -0.2) is 6.04 Å². The number of hydrogen-bond acceptors (Lipinski definition) is 2. The van der Waals surface area contributed by atoms with Gasteiger partial charge >= 0.3 is 0 Å². The second-order valence-electron chi connectivity index (χ2n) is 4.40. The fraction of sp³-hybridized carbons (Fsp3) is 0.500. The summed E-state index contributed by atoms with van der Waals surface area (Å²) in [5.74, 6) is 0.848. The van der Waals surface area contributed by atoms with E-state index < -0.39 is 0 Å². The molecule has 0 spiro atoms. The van der Waals surface area contributed by atoms with Gasteiger partial charge in [-0.2, -0.15) is 0 Å². The molecule has 0 saturated heterocycles. The number of rotatable bonds is 3. The maximum Gasteiger partial charge on any atom is 0.0359 e. The van der Waals surface area contributed by atoms with Gasteiger partial charge in [-0.05, 0) is 30.9 Å². The average Bonchev–Trinajstić information content (AvgIpc) is 2.84. The van der Waals surface area contributed by atoms with Crippen molar-refractivity contribution in [2.24, 2.45) is 5.92 Å². The fourth-order valence-corrected chi connectivity index (χ4v) is 1.74. The average molecular weight is 190 g/mol. The molecule has 2 nitrogen and oxygen atoms in total. The smallest absolute Gasteiger partial charge is 0.0359 e. The minimum Gasteiger partial charge on any atom is -0.398 e. The van der Waals surface area contributed by atoms with Gasteiger partial charge in [0.25, 0.3) is 0 Å². The molecule has 2 rings (SSSR count). The van der Waals surface area contributed by atoms with E-state index in [4.69, 9.17) is 5.73 Å². The first-order valence-electron chi connectivity index (χ1n) is 5.25. The Morgan fingerprint density at radius 1 is 1.50 bits per heavy atom. The van der Waals surface area contributed by atoms with Crippen LogP contribution in [-0.2, 0) is 6.54 Å². The van der Waals surface area contributed by atoms with Crippen LogP contribution in [0.5, 0.6) is 0 Å². The van der Waals surface area contributed by atoms with Gasteiger partial charge in [0.05, 0.1) is 0 Å². The van der Waals surface area contributed by atoms with Crippen LogP contribution in [0.25, 0.3) is 0 Å². The Morgan fingerprint density at radius 3 is 2.86 bits per heavy atom. The van der Waals surface area contributed by atoms with Crippen LogP contribution in [0.2, 0.25) is 0 Å². The van der Waals surface area contributed by atoms with Crippen molar-refractivity contribution in [2.75, 3.05) is 5.73 Å². The Kier molecular flexibility index (Phi) is 2.46. The number of anilines is 1. The molecule has 0 aromatic heterocycles. The SMILES string of the molecule is Cc1ccc(N)c(CNC2CC2C)c1. The summed E-state index contributed by atoms with van der Waals surface area (Å²) in [5, 5.41) is 3.51. The van der Waals surface area contributed by atoms with Crippen molar-refractivity contribution >= 4 is 5.69 Å². The summed E-state index contributed by atoms with van der Waals surface area (Å²) in [5.41, 5.74) is 9.29. The van der Waals surface area contributed by atoms with Crippen LogP contribution in [0, 0.1) is 12.8 Å². The molecule has 14 heavy (non-hydrogen) atoms. The molecule has 1 aliphatic carbocycles. The quantitative estimate of drug-likeness (QED) is 0.716. The Balaban J connectivity index is 1.97. The van der Waals surface area contributed by atoms with Crippen molar-refractivity contribution in [1.82, 2.24) is 5.32 Å². The first-order chi connectivity index (χ1) is 6.66. The first kappa shape index (κ1) is 9.53. The molecule has 2 unspecified atom stereocenters. The summed E-state index contributed by atoms with van der Waals surface area (Å²) >= 11 is 0. The first-order valence-corrected chi connectivity index (χ1v) is 5.25. The zero-order valence-electron chi connectivity index (χ0n) is 8.88. The molecular formula is C12H18N2. The third kappa shape index (κ3) is 2.07. The Morgan fingerprint density at radius 2 is 2.21 bits per heavy atom. The lowest BCUT2D eigenvalue weighted by molar-refractivity contribution is 0.653. The van der Waals surface area contributed by atoms with E-state index in [1.807, 2.05) is 6.07 Å². The largest absolute Gasteiger partial charge is 0.398 e. The number of benzene rings is 1. The van der Waals surface area contributed by atoms with Crippen molar-refractivity contribution in [2.45, 2.75) is 32.9 Å². The third-order valence-electron chi connectivity index (χ3n) is 2.96. The van der Waals surface area contributed by atoms with Gasteiger partial charge in [-0.15, -0.1) is 0 Å². The predicted octanol–water partition coefficient (Wildman–Crippen LogP) is 2.08. The highest BCUT2D eigenvalue weighted by Gasteiger charge is 2.31. The highest BCUT2D eigenvalue weighted by molar-refractivity contribution is 5.48. The molecule has 3 N–H and O–H groups in total. The van der Waals surface area contributed by atoms with Crippen molar-refractivity contribution in [3.05, 3.63) is 29.3 Å². The molecule has 0 amide bonds. The van der Waals surface area contributed by atoms with E-state index in [1.165, 1.54) is 17.5 Å². The van der Waals surface area contributed by atoms with Crippen LogP contribution < -0.4 is 11.1 Å². The van der Waals surface area contributed by atoms with Gasteiger partial charge in [0.1, 0.15) is 0 Å². The molecule has 0 heterocycles. The van der Waals surface area contributed by atoms with E-state index in [2.05, 4.69) is 31.3 Å². The second-order valence-corrected chi connectivity index (χ2v) is 4.40. The minimum absolute atomic E-state index is 0.718. The third-order valence-corrected chi connectivity index (χ3v) is 2.96. The summed E-state index contributed by atoms with van der Waals surface area (Å²) < 4.78 is 0. The van der Waals surface area contributed by atoms with Crippen molar-refractivity contribution in [1.29, 1.82) is 0 Å². The lowest BCUT2D eigenvalue weighted by Crippen LogP contribution is -2.18. The van der Waals surface area contributed by atoms with Crippen molar-refractivity contribution in [3.63, 3.8) is 0 Å². The standard InChI is InChI=1S/C12H18N2/c1-8-3-4-11(13)10(5-8)7-14-12-6-9(12)2/h3-5,9,12,14H,6-7,13H2,1-2H3. The molecule has 0 aliphatic heterocycles. The Labute approximate surface area is 85.5 Å². The van der Waals surface area contributed by atoms with Gasteiger partial charge in [-0.1, -0.05) is 24.6 Å². The van der Waals surface area contributed by atoms with E-state index in [9.17, 15) is 0 Å². The summed E-state index contributed by atoms with van der Waals surface area (Å²) in [7, 11) is 0. The zero-order valence-corrected chi connectivity index (χ0v) is 8.88. The van der Waals surface area contributed by atoms with Crippen molar-refractivity contribution in [3.8, 4) is 0 Å². The summed E-state index contributed by atoms with van der Waals surface area (Å²) in [6.45, 7) is 5.28. The summed E-state index contributed by atoms with van der Waals surface area (Å²) in [4.78, 5) is 0.